The number of fused-ring (bicyclic) bond motifs is 1. The number of likely N-dealkylation sites (N-methyl/N-ethyl adjacent to an activating group) is 1. The van der Waals surface area contributed by atoms with Gasteiger partial charge in [-0.3, -0.25) is 0 Å². The summed E-state index contributed by atoms with van der Waals surface area (Å²) in [6, 6.07) is 7.63. The van der Waals surface area contributed by atoms with Crippen LogP contribution in [0, 0.1) is 17.1 Å². The molecular weight excluding hydrogens is 500 g/mol. The summed E-state index contributed by atoms with van der Waals surface area (Å²) in [6.07, 6.45) is -1.07. The number of aromatic nitrogens is 4. The van der Waals surface area contributed by atoms with Gasteiger partial charge in [-0.25, -0.2) is 19.3 Å². The number of alkyl halides is 3. The Kier molecular flexibility index (Phi) is 6.62. The van der Waals surface area contributed by atoms with E-state index in [0.717, 1.165) is 38.4 Å². The van der Waals surface area contributed by atoms with Crippen LogP contribution in [0.25, 0.3) is 22.3 Å². The number of halogens is 4. The topological polar surface area (TPSA) is 96.8 Å². The second-order valence-electron chi connectivity index (χ2n) is 9.26. The number of nitriles is 1. The predicted molar refractivity (Wildman–Crippen MR) is 135 cm³/mol. The number of pyridine rings is 1. The molecule has 196 valence electrons. The van der Waals surface area contributed by atoms with Crippen molar-refractivity contribution in [2.45, 2.75) is 19.1 Å². The molecule has 1 aliphatic heterocycles. The minimum atomic E-state index is -4.57. The normalized spacial score (nSPS) is 15.4. The maximum Gasteiger partial charge on any atom is 0.417 e. The van der Waals surface area contributed by atoms with E-state index in [1.807, 2.05) is 31.0 Å². The highest BCUT2D eigenvalue weighted by atomic mass is 19.4. The second-order valence-corrected chi connectivity index (χ2v) is 9.26. The quantitative estimate of drug-likeness (QED) is 0.356. The van der Waals surface area contributed by atoms with Gasteiger partial charge in [-0.05, 0) is 37.7 Å². The SMILES string of the molecule is CC(Nc1ncc(C#N)c(-c2c[nH]c3ncc(C(F)(F)F)cc23)n1)c1ccc(N2CCN(C)CC2)c(F)c1. The lowest BCUT2D eigenvalue weighted by Gasteiger charge is -2.34. The standard InChI is InChI=1S/C26H24F4N8/c1-15(16-3-4-22(21(27)9-16)38-7-5-37(2)6-8-38)35-25-34-12-17(11-31)23(36-25)20-14-33-24-19(20)10-18(13-32-24)26(28,29)30/h3-4,9-10,12-15H,5-8H2,1-2H3,(H,32,33)(H,34,35,36). The first kappa shape index (κ1) is 25.4. The fourth-order valence-electron chi connectivity index (χ4n) is 4.47. The molecule has 2 N–H and O–H groups in total. The molecule has 3 aromatic heterocycles. The molecule has 1 fully saturated rings. The Morgan fingerprint density at radius 2 is 1.87 bits per heavy atom. The lowest BCUT2D eigenvalue weighted by atomic mass is 10.1. The Labute approximate surface area is 215 Å². The third kappa shape index (κ3) is 4.97. The third-order valence-electron chi connectivity index (χ3n) is 6.68. The number of nitrogens with one attached hydrogen (secondary N) is 2. The molecule has 1 atom stereocenters. The number of rotatable bonds is 5. The van der Waals surface area contributed by atoms with Crippen LogP contribution in [0.15, 0.2) is 42.9 Å². The third-order valence-corrected chi connectivity index (χ3v) is 6.68. The first-order valence-electron chi connectivity index (χ1n) is 12.0. The molecule has 0 spiro atoms. The first-order valence-corrected chi connectivity index (χ1v) is 12.0. The number of H-pyrrole nitrogens is 1. The van der Waals surface area contributed by atoms with Crippen LogP contribution in [0.4, 0.5) is 29.2 Å². The van der Waals surface area contributed by atoms with E-state index in [9.17, 15) is 18.4 Å². The molecule has 1 saturated heterocycles. The average Bonchev–Trinajstić information content (AvgIpc) is 3.32. The first-order chi connectivity index (χ1) is 18.1. The molecule has 0 amide bonds. The van der Waals surface area contributed by atoms with E-state index in [1.54, 1.807) is 6.07 Å². The van der Waals surface area contributed by atoms with E-state index in [4.69, 9.17) is 0 Å². The molecule has 0 saturated carbocycles. The predicted octanol–water partition coefficient (Wildman–Crippen LogP) is 4.97. The summed E-state index contributed by atoms with van der Waals surface area (Å²) >= 11 is 0. The number of hydrogen-bond acceptors (Lipinski definition) is 7. The van der Waals surface area contributed by atoms with Gasteiger partial charge in [0.15, 0.2) is 0 Å². The maximum absolute atomic E-state index is 15.0. The van der Waals surface area contributed by atoms with Crippen LogP contribution >= 0.6 is 0 Å². The van der Waals surface area contributed by atoms with E-state index in [2.05, 4.69) is 30.2 Å². The summed E-state index contributed by atoms with van der Waals surface area (Å²) in [5.41, 5.74) is 1.07. The lowest BCUT2D eigenvalue weighted by Crippen LogP contribution is -2.44. The van der Waals surface area contributed by atoms with E-state index >= 15 is 4.39 Å². The molecule has 1 aliphatic rings. The van der Waals surface area contributed by atoms with Crippen LogP contribution in [0.3, 0.4) is 0 Å². The molecule has 5 rings (SSSR count). The van der Waals surface area contributed by atoms with Crippen molar-refractivity contribution in [2.75, 3.05) is 43.4 Å². The Bertz CT molecular complexity index is 1520. The number of nitrogens with zero attached hydrogens (tertiary/aromatic N) is 6. The smallest absolute Gasteiger partial charge is 0.367 e. The van der Waals surface area contributed by atoms with Gasteiger partial charge in [0.2, 0.25) is 5.95 Å². The van der Waals surface area contributed by atoms with Crippen LogP contribution in [0.5, 0.6) is 0 Å². The van der Waals surface area contributed by atoms with Crippen molar-refractivity contribution >= 4 is 22.7 Å². The molecule has 0 bridgehead atoms. The van der Waals surface area contributed by atoms with Gasteiger partial charge < -0.3 is 20.1 Å². The highest BCUT2D eigenvalue weighted by Gasteiger charge is 2.32. The number of aromatic amines is 1. The largest absolute Gasteiger partial charge is 0.417 e. The van der Waals surface area contributed by atoms with Gasteiger partial charge in [-0.2, -0.15) is 18.4 Å². The van der Waals surface area contributed by atoms with Crippen LogP contribution in [0.2, 0.25) is 0 Å². The molecular formula is C26H24F4N8. The maximum atomic E-state index is 15.0. The second kappa shape index (κ2) is 9.90. The van der Waals surface area contributed by atoms with Crippen LogP contribution in [-0.2, 0) is 6.18 Å². The van der Waals surface area contributed by atoms with Crippen molar-refractivity contribution in [3.8, 4) is 17.3 Å². The molecule has 1 aromatic carbocycles. The van der Waals surface area contributed by atoms with Gasteiger partial charge in [-0.1, -0.05) is 6.07 Å². The van der Waals surface area contributed by atoms with Gasteiger partial charge >= 0.3 is 6.18 Å². The van der Waals surface area contributed by atoms with Gasteiger partial charge in [0, 0.05) is 49.5 Å². The highest BCUT2D eigenvalue weighted by molar-refractivity contribution is 5.94. The minimum Gasteiger partial charge on any atom is -0.367 e. The van der Waals surface area contributed by atoms with E-state index in [1.165, 1.54) is 18.5 Å². The summed E-state index contributed by atoms with van der Waals surface area (Å²) in [5.74, 6) is -0.182. The summed E-state index contributed by atoms with van der Waals surface area (Å²) in [7, 11) is 2.04. The Hall–Kier alpha value is -4.24. The summed E-state index contributed by atoms with van der Waals surface area (Å²) in [6.45, 7) is 5.03. The fourth-order valence-corrected chi connectivity index (χ4v) is 4.47. The Morgan fingerprint density at radius 3 is 2.55 bits per heavy atom. The molecule has 0 radical (unpaired) electrons. The van der Waals surface area contributed by atoms with Crippen LogP contribution in [0.1, 0.15) is 29.7 Å². The summed E-state index contributed by atoms with van der Waals surface area (Å²) < 4.78 is 54.8. The Balaban J connectivity index is 1.42. The average molecular weight is 525 g/mol. The number of anilines is 2. The summed E-state index contributed by atoms with van der Waals surface area (Å²) in [5, 5.41) is 12.9. The van der Waals surface area contributed by atoms with Gasteiger partial charge in [0.05, 0.1) is 34.7 Å². The molecule has 1 unspecified atom stereocenters. The zero-order valence-corrected chi connectivity index (χ0v) is 20.6. The van der Waals surface area contributed by atoms with Gasteiger partial charge in [-0.15, -0.1) is 0 Å². The molecule has 0 aliphatic carbocycles. The van der Waals surface area contributed by atoms with Crippen molar-refractivity contribution in [3.05, 3.63) is 65.4 Å². The Morgan fingerprint density at radius 1 is 1.11 bits per heavy atom. The molecule has 12 heteroatoms. The van der Waals surface area contributed by atoms with E-state index < -0.39 is 17.8 Å². The minimum absolute atomic E-state index is 0.0871. The van der Waals surface area contributed by atoms with E-state index in [0.29, 0.717) is 11.3 Å². The van der Waals surface area contributed by atoms with Crippen molar-refractivity contribution in [1.82, 2.24) is 24.8 Å². The molecule has 38 heavy (non-hydrogen) atoms. The molecule has 4 aromatic rings. The zero-order valence-electron chi connectivity index (χ0n) is 20.6. The zero-order chi connectivity index (χ0) is 27.0. The van der Waals surface area contributed by atoms with Crippen molar-refractivity contribution in [2.24, 2.45) is 0 Å². The number of benzene rings is 1. The number of hydrogen-bond donors (Lipinski definition) is 2. The highest BCUT2D eigenvalue weighted by Crippen LogP contribution is 2.35. The number of piperazine rings is 1. The monoisotopic (exact) mass is 524 g/mol. The van der Waals surface area contributed by atoms with Crippen molar-refractivity contribution < 1.29 is 17.6 Å². The van der Waals surface area contributed by atoms with E-state index in [-0.39, 0.29) is 39.6 Å². The van der Waals surface area contributed by atoms with Crippen molar-refractivity contribution in [1.29, 1.82) is 5.26 Å². The van der Waals surface area contributed by atoms with Crippen LogP contribution in [-0.4, -0.2) is 58.1 Å². The molecule has 8 nitrogen and oxygen atoms in total. The van der Waals surface area contributed by atoms with Crippen LogP contribution < -0.4 is 10.2 Å². The van der Waals surface area contributed by atoms with Gasteiger partial charge in [0.25, 0.3) is 0 Å². The van der Waals surface area contributed by atoms with Gasteiger partial charge in [0.1, 0.15) is 17.5 Å². The fraction of sp³-hybridized carbons (Fsp3) is 0.308. The summed E-state index contributed by atoms with van der Waals surface area (Å²) in [4.78, 5) is 19.5. The lowest BCUT2D eigenvalue weighted by molar-refractivity contribution is -0.137. The molecule has 4 heterocycles. The van der Waals surface area contributed by atoms with Crippen molar-refractivity contribution in [3.63, 3.8) is 0 Å².